The molecule has 5 fully saturated rings. The van der Waals surface area contributed by atoms with Gasteiger partial charge in [-0.25, -0.2) is 0 Å². The molecule has 5 saturated carbocycles. The van der Waals surface area contributed by atoms with Crippen LogP contribution in [-0.2, 0) is 124 Å². The van der Waals surface area contributed by atoms with Crippen molar-refractivity contribution in [3.05, 3.63) is 243 Å². The van der Waals surface area contributed by atoms with Crippen molar-refractivity contribution < 1.29 is 108 Å². The number of amides is 5. The summed E-state index contributed by atoms with van der Waals surface area (Å²) < 4.78 is 256. The van der Waals surface area contributed by atoms with Crippen LogP contribution in [0.25, 0.3) is 0 Å². The smallest absolute Gasteiger partial charge is 0.279 e. The van der Waals surface area contributed by atoms with E-state index in [1.807, 2.05) is 0 Å². The fraction of sp³-hybridized carbons (Fsp3) is 0.278. The first-order chi connectivity index (χ1) is 64.1. The van der Waals surface area contributed by atoms with Gasteiger partial charge in [0, 0.05) is 58.0 Å². The second-order valence-electron chi connectivity index (χ2n) is 33.4. The molecular formula is C90H90N10O25S10. The van der Waals surface area contributed by atoms with E-state index in [0.29, 0.717) is 47.0 Å². The van der Waals surface area contributed by atoms with E-state index >= 15 is 0 Å². The first-order valence-electron chi connectivity index (χ1n) is 43.1. The molecule has 5 aliphatic carbocycles. The molecule has 5 heterocycles. The van der Waals surface area contributed by atoms with Crippen LogP contribution in [-0.4, -0.2) is 114 Å². The Morgan fingerprint density at radius 3 is 0.430 bits per heavy atom. The summed E-state index contributed by atoms with van der Waals surface area (Å²) in [5, 5.41) is 14.0. The van der Waals surface area contributed by atoms with E-state index in [0.717, 1.165) is 128 Å². The van der Waals surface area contributed by atoms with Crippen LogP contribution in [0.5, 0.6) is 0 Å². The number of carbonyl (C=O) groups is 5. The van der Waals surface area contributed by atoms with Crippen molar-refractivity contribution in [3.63, 3.8) is 0 Å². The first-order valence-corrected chi connectivity index (χ1v) is 57.5. The first kappa shape index (κ1) is 96.2. The molecule has 35 nitrogen and oxygen atoms in total. The third-order valence-electron chi connectivity index (χ3n) is 24.3. The maximum absolute atomic E-state index is 12.8. The second-order valence-corrected chi connectivity index (χ2v) is 52.1. The summed E-state index contributed by atoms with van der Waals surface area (Å²) in [6.07, 6.45) is 19.4. The summed E-state index contributed by atoms with van der Waals surface area (Å²) in [5.41, 5.74) is 2.53. The van der Waals surface area contributed by atoms with Gasteiger partial charge in [0.05, 0.1) is 28.4 Å². The highest BCUT2D eigenvalue weighted by atomic mass is 32.3. The number of anilines is 10. The van der Waals surface area contributed by atoms with Crippen molar-refractivity contribution in [1.82, 2.24) is 0 Å². The minimum absolute atomic E-state index is 0.000575. The lowest BCUT2D eigenvalue weighted by atomic mass is 9.85. The van der Waals surface area contributed by atoms with Gasteiger partial charge in [-0.2, -0.15) is 103 Å². The average Bonchev–Trinajstić information content (AvgIpc) is 1.58. The summed E-state index contributed by atoms with van der Waals surface area (Å²) in [5.74, 6) is -0.299. The Kier molecular flexibility index (Phi) is 26.8. The Morgan fingerprint density at radius 1 is 0.170 bits per heavy atom. The minimum Gasteiger partial charge on any atom is -0.326 e. The zero-order valence-corrected chi connectivity index (χ0v) is 79.8. The predicted octanol–water partition coefficient (Wildman–Crippen LogP) is 13.6. The van der Waals surface area contributed by atoms with E-state index < -0.39 is 100 Å². The summed E-state index contributed by atoms with van der Waals surface area (Å²) >= 11 is 0. The van der Waals surface area contributed by atoms with Gasteiger partial charge in [-0.3, -0.25) is 24.0 Å². The molecule has 0 spiro atoms. The highest BCUT2D eigenvalue weighted by molar-refractivity contribution is 8.15. The van der Waals surface area contributed by atoms with Crippen LogP contribution in [0.1, 0.15) is 128 Å². The molecule has 10 aromatic rings. The fourth-order valence-electron chi connectivity index (χ4n) is 17.0. The number of hydrogen-bond donors (Lipinski definition) is 5. The molecule has 0 radical (unpaired) electrons. The number of sulfonamides is 10. The molecule has 20 rings (SSSR count). The summed E-state index contributed by atoms with van der Waals surface area (Å²) in [6, 6.07) is 56.5. The highest BCUT2D eigenvalue weighted by Gasteiger charge is 2.53. The lowest BCUT2D eigenvalue weighted by molar-refractivity contribution is -0.122. The lowest BCUT2D eigenvalue weighted by Gasteiger charge is -2.24. The number of nitrogens with one attached hydrogen (secondary N) is 5. The lowest BCUT2D eigenvalue weighted by Crippen LogP contribution is -2.30. The van der Waals surface area contributed by atoms with Gasteiger partial charge in [0.15, 0.2) is 0 Å². The monoisotopic (exact) mass is 2030 g/mol. The molecular weight excluding hydrogens is 1940 g/mol. The van der Waals surface area contributed by atoms with Gasteiger partial charge in [-0.15, -0.1) is 0 Å². The molecule has 0 atom stereocenters. The molecule has 10 aliphatic rings. The van der Waals surface area contributed by atoms with Crippen molar-refractivity contribution in [1.29, 1.82) is 0 Å². The third kappa shape index (κ3) is 18.8. The van der Waals surface area contributed by atoms with Crippen LogP contribution >= 0.6 is 0 Å². The summed E-state index contributed by atoms with van der Waals surface area (Å²) in [4.78, 5) is 58.5. The number of carbonyl (C=O) groups excluding carboxylic acids is 5. The van der Waals surface area contributed by atoms with Gasteiger partial charge < -0.3 is 26.6 Å². The Bertz CT molecular complexity index is 7350. The number of rotatable bonds is 15. The minimum atomic E-state index is -4.21. The highest BCUT2D eigenvalue weighted by Crippen LogP contribution is 2.47. The molecule has 10 aromatic carbocycles. The molecule has 0 saturated heterocycles. The van der Waals surface area contributed by atoms with E-state index in [9.17, 15) is 108 Å². The summed E-state index contributed by atoms with van der Waals surface area (Å²) in [7, 11) is -42.0. The molecule has 45 heteroatoms. The third-order valence-corrected chi connectivity index (χ3v) is 46.4. The quantitative estimate of drug-likeness (QED) is 0.0595. The van der Waals surface area contributed by atoms with Gasteiger partial charge >= 0.3 is 0 Å². The van der Waals surface area contributed by atoms with E-state index in [2.05, 4.69) is 26.6 Å². The van der Waals surface area contributed by atoms with E-state index in [1.165, 1.54) is 243 Å². The van der Waals surface area contributed by atoms with Crippen molar-refractivity contribution >= 4 is 187 Å². The van der Waals surface area contributed by atoms with Crippen LogP contribution < -0.4 is 45.1 Å². The van der Waals surface area contributed by atoms with E-state index in [-0.39, 0.29) is 137 Å². The molecule has 0 aromatic heterocycles. The molecule has 5 aliphatic heterocycles. The standard InChI is InChI=1S/C20H22N2O5S2.C19H20N2O5S2.C18H18N2O5S2.C17H16N2O5S2.C16H14N2O5S2/c23-20(15-7-3-1-2-4-8-15)21-16-11-13-17(14-12-16)22-28(24,25)18-9-5-6-10-19(18)29(22,26)27;22-19(14-6-2-1-3-7-14)20-15-10-12-16(13-11-15)21-27(23,24)17-8-4-5-9-18(17)28(21,25)26;21-18(13-5-1-2-6-13)19-14-9-11-15(12-10-14)20-26(22,23)16-7-3-4-8-17(16)27(20,24)25;20-17(12-4-3-5-12)18-13-8-10-14(11-9-13)19-25(21,22)15-6-1-2-7-16(15)26(19,23)24;19-16(11-5-6-11)17-12-7-9-13(10-8-12)18-24(20,21)14-3-1-2-4-15(14)25(18,22)23/h5-6,9-15H,1-4,7-8H2,(H,21,23);4-5,8-14H,1-3,6-7H2,(H,20,22);3-4,7-13H,1-2,5-6H2,(H,19,21);1-2,6-12H,3-5H2,(H,18,20);1-4,7-11H,5-6H2,(H,17,19). The van der Waals surface area contributed by atoms with Crippen LogP contribution in [0.2, 0.25) is 0 Å². The summed E-state index contributed by atoms with van der Waals surface area (Å²) in [6.45, 7) is 0. The van der Waals surface area contributed by atoms with E-state index in [1.54, 1.807) is 0 Å². The van der Waals surface area contributed by atoms with Crippen molar-refractivity contribution in [2.45, 2.75) is 177 Å². The fourth-order valence-corrected chi connectivity index (χ4v) is 39.2. The van der Waals surface area contributed by atoms with Gasteiger partial charge in [0.1, 0.15) is 49.0 Å². The number of nitrogens with zero attached hydrogens (tertiary/aromatic N) is 5. The zero-order valence-electron chi connectivity index (χ0n) is 71.6. The van der Waals surface area contributed by atoms with Gasteiger partial charge in [0.2, 0.25) is 29.5 Å². The Balaban J connectivity index is 0.000000123. The molecule has 5 amide bonds. The maximum Gasteiger partial charge on any atom is 0.279 e. The Morgan fingerprint density at radius 2 is 0.296 bits per heavy atom. The van der Waals surface area contributed by atoms with Crippen molar-refractivity contribution in [2.24, 2.45) is 29.6 Å². The van der Waals surface area contributed by atoms with Gasteiger partial charge in [0.25, 0.3) is 100 Å². The van der Waals surface area contributed by atoms with Crippen molar-refractivity contribution in [2.75, 3.05) is 45.1 Å². The van der Waals surface area contributed by atoms with Crippen LogP contribution in [0.4, 0.5) is 56.9 Å². The molecule has 135 heavy (non-hydrogen) atoms. The number of fused-ring (bicyclic) bond motifs is 5. The van der Waals surface area contributed by atoms with Crippen molar-refractivity contribution in [3.8, 4) is 0 Å². The Labute approximate surface area is 783 Å². The molecule has 710 valence electrons. The number of hydrogen-bond acceptors (Lipinski definition) is 25. The predicted molar refractivity (Wildman–Crippen MR) is 502 cm³/mol. The number of benzene rings is 10. The topological polar surface area (TPSA) is 503 Å². The Hall–Kier alpha value is -12.0. The normalized spacial score (nSPS) is 20.4. The molecule has 0 bridgehead atoms. The van der Waals surface area contributed by atoms with E-state index in [4.69, 9.17) is 0 Å². The SMILES string of the molecule is O=C(Nc1ccc(N2S(=O)(=O)c3ccccc3S2(=O)=O)cc1)C1CC1.O=C(Nc1ccc(N2S(=O)(=O)c3ccccc3S2(=O)=O)cc1)C1CCC1.O=C(Nc1ccc(N2S(=O)(=O)c3ccccc3S2(=O)=O)cc1)C1CCCC1.O=C(Nc1ccc(N2S(=O)(=O)c3ccccc3S2(=O)=O)cc1)C1CCCCC1.O=C(Nc1ccc(N2S(=O)(=O)c3ccccc3S2(=O)=O)cc1)C1CCCCCC1. The largest absolute Gasteiger partial charge is 0.326 e. The average molecular weight is 2030 g/mol. The molecule has 5 N–H and O–H groups in total. The molecule has 0 unspecified atom stereocenters. The van der Waals surface area contributed by atoms with Crippen LogP contribution in [0.15, 0.2) is 292 Å². The second kappa shape index (κ2) is 37.6. The van der Waals surface area contributed by atoms with Crippen LogP contribution in [0, 0.1) is 29.6 Å². The van der Waals surface area contributed by atoms with Gasteiger partial charge in [-0.05, 0) is 246 Å². The zero-order chi connectivity index (χ0) is 96.2. The van der Waals surface area contributed by atoms with Crippen LogP contribution in [0.3, 0.4) is 0 Å². The van der Waals surface area contributed by atoms with Gasteiger partial charge in [-0.1, -0.05) is 125 Å². The maximum atomic E-state index is 12.8.